The van der Waals surface area contributed by atoms with Crippen LogP contribution in [0, 0.1) is 0 Å². The van der Waals surface area contributed by atoms with Crippen LogP contribution in [0.25, 0.3) is 0 Å². The molecular weight excluding hydrogens is 266 g/mol. The summed E-state index contributed by atoms with van der Waals surface area (Å²) in [6.07, 6.45) is 3.16. The Hall–Kier alpha value is -0.880. The van der Waals surface area contributed by atoms with Gasteiger partial charge >= 0.3 is 0 Å². The molecule has 1 aliphatic carbocycles. The SMILES string of the molecule is O=C1C=C(N2CC(S(=O)(=O)Cl)CC2=O)CCC1. The van der Waals surface area contributed by atoms with Crippen LogP contribution < -0.4 is 0 Å². The van der Waals surface area contributed by atoms with Gasteiger partial charge in [0.1, 0.15) is 5.25 Å². The summed E-state index contributed by atoms with van der Waals surface area (Å²) in [5, 5.41) is -0.866. The van der Waals surface area contributed by atoms with Crippen LogP contribution in [0.15, 0.2) is 11.8 Å². The van der Waals surface area contributed by atoms with Crippen molar-refractivity contribution in [1.29, 1.82) is 0 Å². The van der Waals surface area contributed by atoms with Gasteiger partial charge in [-0.05, 0) is 12.8 Å². The van der Waals surface area contributed by atoms with E-state index in [1.807, 2.05) is 0 Å². The lowest BCUT2D eigenvalue weighted by atomic mass is 10.0. The fraction of sp³-hybridized carbons (Fsp3) is 0.600. The zero-order valence-corrected chi connectivity index (χ0v) is 10.6. The van der Waals surface area contributed by atoms with Crippen molar-refractivity contribution in [3.63, 3.8) is 0 Å². The monoisotopic (exact) mass is 277 g/mol. The highest BCUT2D eigenvalue weighted by Crippen LogP contribution is 2.28. The number of carbonyl (C=O) groups is 2. The van der Waals surface area contributed by atoms with Gasteiger partial charge in [-0.3, -0.25) is 9.59 Å². The summed E-state index contributed by atoms with van der Waals surface area (Å²) in [4.78, 5) is 24.3. The van der Waals surface area contributed by atoms with E-state index in [4.69, 9.17) is 10.7 Å². The predicted molar refractivity (Wildman–Crippen MR) is 61.8 cm³/mol. The van der Waals surface area contributed by atoms with E-state index in [0.29, 0.717) is 25.0 Å². The van der Waals surface area contributed by atoms with E-state index in [2.05, 4.69) is 0 Å². The van der Waals surface area contributed by atoms with E-state index in [1.54, 1.807) is 0 Å². The first-order chi connectivity index (χ1) is 7.88. The number of hydrogen-bond acceptors (Lipinski definition) is 4. The van der Waals surface area contributed by atoms with E-state index >= 15 is 0 Å². The molecule has 0 aromatic rings. The highest BCUT2D eigenvalue weighted by molar-refractivity contribution is 8.14. The zero-order valence-electron chi connectivity index (χ0n) is 9.06. The minimum Gasteiger partial charge on any atom is -0.315 e. The average Bonchev–Trinajstić information content (AvgIpc) is 2.60. The largest absolute Gasteiger partial charge is 0.315 e. The number of ketones is 1. The third-order valence-electron chi connectivity index (χ3n) is 3.02. The van der Waals surface area contributed by atoms with Crippen molar-refractivity contribution >= 4 is 31.4 Å². The Balaban J connectivity index is 2.19. The van der Waals surface area contributed by atoms with E-state index in [-0.39, 0.29) is 24.7 Å². The molecule has 2 rings (SSSR count). The molecule has 7 heteroatoms. The van der Waals surface area contributed by atoms with Crippen molar-refractivity contribution in [1.82, 2.24) is 4.90 Å². The van der Waals surface area contributed by atoms with Crippen molar-refractivity contribution in [2.75, 3.05) is 6.54 Å². The molecule has 1 amide bonds. The standard InChI is InChI=1S/C10H12ClNO4S/c11-17(15,16)9-5-10(14)12(6-9)7-2-1-3-8(13)4-7/h4,9H,1-3,5-6H2. The fourth-order valence-corrected chi connectivity index (χ4v) is 3.15. The van der Waals surface area contributed by atoms with Crippen LogP contribution in [0.3, 0.4) is 0 Å². The van der Waals surface area contributed by atoms with Gasteiger partial charge in [0.05, 0.1) is 0 Å². The molecule has 1 saturated heterocycles. The highest BCUT2D eigenvalue weighted by Gasteiger charge is 2.39. The first kappa shape index (κ1) is 12.6. The van der Waals surface area contributed by atoms with E-state index < -0.39 is 14.3 Å². The van der Waals surface area contributed by atoms with Crippen molar-refractivity contribution in [2.45, 2.75) is 30.9 Å². The van der Waals surface area contributed by atoms with Gasteiger partial charge in [-0.1, -0.05) is 0 Å². The molecule has 94 valence electrons. The van der Waals surface area contributed by atoms with Crippen molar-refractivity contribution in [3.05, 3.63) is 11.8 Å². The van der Waals surface area contributed by atoms with Gasteiger partial charge in [-0.15, -0.1) is 0 Å². The minimum absolute atomic E-state index is 0.0174. The number of nitrogens with zero attached hydrogens (tertiary/aromatic N) is 1. The smallest absolute Gasteiger partial charge is 0.237 e. The number of carbonyl (C=O) groups excluding carboxylic acids is 2. The topological polar surface area (TPSA) is 71.5 Å². The van der Waals surface area contributed by atoms with Crippen LogP contribution >= 0.6 is 10.7 Å². The molecule has 0 saturated carbocycles. The first-order valence-corrected chi connectivity index (χ1v) is 7.72. The van der Waals surface area contributed by atoms with Crippen molar-refractivity contribution in [2.24, 2.45) is 0 Å². The number of hydrogen-bond donors (Lipinski definition) is 0. The van der Waals surface area contributed by atoms with E-state index in [1.165, 1.54) is 11.0 Å². The van der Waals surface area contributed by atoms with E-state index in [9.17, 15) is 18.0 Å². The maximum atomic E-state index is 11.7. The molecule has 0 N–H and O–H groups in total. The molecule has 5 nitrogen and oxygen atoms in total. The lowest BCUT2D eigenvalue weighted by molar-refractivity contribution is -0.126. The van der Waals surface area contributed by atoms with Crippen LogP contribution in [0.5, 0.6) is 0 Å². The van der Waals surface area contributed by atoms with Crippen molar-refractivity contribution < 1.29 is 18.0 Å². The molecule has 1 fully saturated rings. The van der Waals surface area contributed by atoms with Gasteiger partial charge in [0.25, 0.3) is 0 Å². The number of amides is 1. The second-order valence-corrected chi connectivity index (χ2v) is 7.17. The summed E-state index contributed by atoms with van der Waals surface area (Å²) >= 11 is 0. The van der Waals surface area contributed by atoms with Crippen LogP contribution in [0.4, 0.5) is 0 Å². The molecule has 0 aromatic heterocycles. The summed E-state index contributed by atoms with van der Waals surface area (Å²) in [6, 6.07) is 0. The molecule has 1 heterocycles. The molecule has 0 spiro atoms. The Kier molecular flexibility index (Phi) is 3.27. The molecule has 1 atom stereocenters. The molecule has 1 aliphatic heterocycles. The van der Waals surface area contributed by atoms with Crippen LogP contribution in [-0.2, 0) is 18.6 Å². The normalized spacial score (nSPS) is 26.3. The molecule has 0 radical (unpaired) electrons. The number of rotatable bonds is 2. The van der Waals surface area contributed by atoms with Crippen LogP contribution in [0.1, 0.15) is 25.7 Å². The van der Waals surface area contributed by atoms with Gasteiger partial charge in [0.15, 0.2) is 5.78 Å². The molecule has 0 bridgehead atoms. The average molecular weight is 278 g/mol. The van der Waals surface area contributed by atoms with Crippen LogP contribution in [-0.4, -0.2) is 36.8 Å². The Morgan fingerprint density at radius 1 is 1.29 bits per heavy atom. The van der Waals surface area contributed by atoms with Gasteiger partial charge in [0.2, 0.25) is 15.0 Å². The van der Waals surface area contributed by atoms with Gasteiger partial charge in [0, 0.05) is 41.8 Å². The maximum absolute atomic E-state index is 11.7. The summed E-state index contributed by atoms with van der Waals surface area (Å²) in [6.45, 7) is 0.0593. The van der Waals surface area contributed by atoms with E-state index in [0.717, 1.165) is 0 Å². The second-order valence-electron chi connectivity index (χ2n) is 4.26. The van der Waals surface area contributed by atoms with Gasteiger partial charge in [-0.25, -0.2) is 8.42 Å². The van der Waals surface area contributed by atoms with Crippen molar-refractivity contribution in [3.8, 4) is 0 Å². The number of halogens is 1. The molecule has 1 unspecified atom stereocenters. The zero-order chi connectivity index (χ0) is 12.6. The Labute approximate surface area is 104 Å². The number of allylic oxidation sites excluding steroid dienone is 2. The van der Waals surface area contributed by atoms with Gasteiger partial charge in [-0.2, -0.15) is 0 Å². The minimum atomic E-state index is -3.72. The molecule has 2 aliphatic rings. The lowest BCUT2D eigenvalue weighted by Crippen LogP contribution is -2.28. The summed E-state index contributed by atoms with van der Waals surface area (Å²) in [7, 11) is 1.52. The molecule has 17 heavy (non-hydrogen) atoms. The maximum Gasteiger partial charge on any atom is 0.237 e. The fourth-order valence-electron chi connectivity index (χ4n) is 2.13. The number of likely N-dealkylation sites (tertiary alicyclic amines) is 1. The van der Waals surface area contributed by atoms with Crippen LogP contribution in [0.2, 0.25) is 0 Å². The Bertz CT molecular complexity index is 496. The third-order valence-corrected chi connectivity index (χ3v) is 4.89. The third kappa shape index (κ3) is 2.69. The Morgan fingerprint density at radius 3 is 2.53 bits per heavy atom. The van der Waals surface area contributed by atoms with Gasteiger partial charge < -0.3 is 4.90 Å². The lowest BCUT2D eigenvalue weighted by Gasteiger charge is -2.22. The summed E-state index contributed by atoms with van der Waals surface area (Å²) in [5.74, 6) is -0.295. The predicted octanol–water partition coefficient (Wildman–Crippen LogP) is 0.793. The summed E-state index contributed by atoms with van der Waals surface area (Å²) < 4.78 is 22.3. The first-order valence-electron chi connectivity index (χ1n) is 5.35. The quantitative estimate of drug-likeness (QED) is 0.700. The highest BCUT2D eigenvalue weighted by atomic mass is 35.7. The second kappa shape index (κ2) is 4.42. The summed E-state index contributed by atoms with van der Waals surface area (Å²) in [5.41, 5.74) is 0.620. The molecule has 0 aromatic carbocycles. The molecular formula is C10H12ClNO4S. The Morgan fingerprint density at radius 2 is 2.00 bits per heavy atom.